The van der Waals surface area contributed by atoms with Crippen LogP contribution in [-0.4, -0.2) is 73.0 Å². The van der Waals surface area contributed by atoms with Crippen LogP contribution in [0.1, 0.15) is 66.7 Å². The fraction of sp³-hybridized carbons (Fsp3) is 1.00. The van der Waals surface area contributed by atoms with Crippen molar-refractivity contribution in [3.05, 3.63) is 0 Å². The zero-order valence-corrected chi connectivity index (χ0v) is 17.8. The number of ether oxygens (including phenoxy) is 1. The van der Waals surface area contributed by atoms with Gasteiger partial charge in [0, 0.05) is 45.9 Å². The van der Waals surface area contributed by atoms with Gasteiger partial charge in [-0.1, -0.05) is 33.6 Å². The van der Waals surface area contributed by atoms with Crippen LogP contribution in [0.2, 0.25) is 0 Å². The van der Waals surface area contributed by atoms with Crippen LogP contribution in [0.3, 0.4) is 0 Å². The number of hydrogen-bond acceptors (Lipinski definition) is 4. The second-order valence-corrected chi connectivity index (χ2v) is 9.11. The zero-order valence-electron chi connectivity index (χ0n) is 17.8. The van der Waals surface area contributed by atoms with Crippen molar-refractivity contribution in [2.24, 2.45) is 11.8 Å². The van der Waals surface area contributed by atoms with Gasteiger partial charge in [0.2, 0.25) is 0 Å². The Labute approximate surface area is 156 Å². The highest BCUT2D eigenvalue weighted by molar-refractivity contribution is 4.83. The molecule has 0 radical (unpaired) electrons. The molecule has 25 heavy (non-hydrogen) atoms. The number of nitrogens with zero attached hydrogens (tertiary/aromatic N) is 2. The molecule has 4 heteroatoms. The van der Waals surface area contributed by atoms with Crippen molar-refractivity contribution in [3.8, 4) is 0 Å². The molecule has 0 aromatic carbocycles. The van der Waals surface area contributed by atoms with E-state index in [2.05, 4.69) is 44.4 Å². The van der Waals surface area contributed by atoms with Gasteiger partial charge >= 0.3 is 0 Å². The molecule has 1 heterocycles. The van der Waals surface area contributed by atoms with Crippen LogP contribution in [0.4, 0.5) is 0 Å². The Morgan fingerprint density at radius 2 is 1.88 bits per heavy atom. The standard InChI is InChI=1S/C21H44N2O2/c1-18(2)16-23-14-13-22(17-20(23)10-15-24)12-9-19(3)8-7-11-21(4,5)25-6/h18-20,24H,7-17H2,1-6H3. The molecule has 0 aliphatic carbocycles. The molecule has 0 spiro atoms. The van der Waals surface area contributed by atoms with Crippen molar-refractivity contribution in [1.29, 1.82) is 0 Å². The third-order valence-corrected chi connectivity index (χ3v) is 5.72. The zero-order chi connectivity index (χ0) is 18.9. The number of aliphatic hydroxyl groups excluding tert-OH is 1. The first-order valence-corrected chi connectivity index (χ1v) is 10.4. The summed E-state index contributed by atoms with van der Waals surface area (Å²) in [5, 5.41) is 9.40. The van der Waals surface area contributed by atoms with E-state index in [1.807, 2.05) is 7.11 Å². The minimum absolute atomic E-state index is 0.0178. The molecule has 1 saturated heterocycles. The second-order valence-electron chi connectivity index (χ2n) is 9.11. The van der Waals surface area contributed by atoms with Crippen molar-refractivity contribution in [2.75, 3.05) is 46.4 Å². The largest absolute Gasteiger partial charge is 0.396 e. The molecular weight excluding hydrogens is 312 g/mol. The molecule has 0 amide bonds. The summed E-state index contributed by atoms with van der Waals surface area (Å²) in [5.74, 6) is 1.47. The Hall–Kier alpha value is -0.160. The van der Waals surface area contributed by atoms with Crippen molar-refractivity contribution in [3.63, 3.8) is 0 Å². The second kappa shape index (κ2) is 11.5. The first-order chi connectivity index (χ1) is 11.8. The highest BCUT2D eigenvalue weighted by Crippen LogP contribution is 2.21. The normalized spacial score (nSPS) is 21.8. The van der Waals surface area contributed by atoms with Gasteiger partial charge in [-0.3, -0.25) is 4.90 Å². The third kappa shape index (κ3) is 9.37. The molecule has 0 aromatic rings. The molecular formula is C21H44N2O2. The van der Waals surface area contributed by atoms with Gasteiger partial charge in [0.1, 0.15) is 0 Å². The molecule has 1 aliphatic rings. The molecule has 1 fully saturated rings. The molecule has 1 rings (SSSR count). The summed E-state index contributed by atoms with van der Waals surface area (Å²) < 4.78 is 5.51. The van der Waals surface area contributed by atoms with Gasteiger partial charge in [0.15, 0.2) is 0 Å². The minimum atomic E-state index is 0.0178. The van der Waals surface area contributed by atoms with Gasteiger partial charge in [-0.15, -0.1) is 0 Å². The lowest BCUT2D eigenvalue weighted by molar-refractivity contribution is 0.0124. The van der Waals surface area contributed by atoms with Crippen molar-refractivity contribution in [1.82, 2.24) is 9.80 Å². The molecule has 1 N–H and O–H groups in total. The van der Waals surface area contributed by atoms with E-state index >= 15 is 0 Å². The predicted octanol–water partition coefficient (Wildman–Crippen LogP) is 3.63. The van der Waals surface area contributed by atoms with E-state index in [9.17, 15) is 5.11 Å². The molecule has 150 valence electrons. The Kier molecular flexibility index (Phi) is 10.6. The summed E-state index contributed by atoms with van der Waals surface area (Å²) in [7, 11) is 1.81. The van der Waals surface area contributed by atoms with Gasteiger partial charge in [-0.05, 0) is 51.5 Å². The van der Waals surface area contributed by atoms with E-state index < -0.39 is 0 Å². The highest BCUT2D eigenvalue weighted by Gasteiger charge is 2.27. The maximum absolute atomic E-state index is 9.40. The molecule has 2 atom stereocenters. The Balaban J connectivity index is 2.30. The summed E-state index contributed by atoms with van der Waals surface area (Å²) in [6.07, 6.45) is 5.87. The number of methoxy groups -OCH3 is 1. The van der Waals surface area contributed by atoms with Gasteiger partial charge in [0.25, 0.3) is 0 Å². The SMILES string of the molecule is COC(C)(C)CCCC(C)CCN1CCN(CC(C)C)C(CCO)C1. The number of piperazine rings is 1. The quantitative estimate of drug-likeness (QED) is 0.579. The van der Waals surface area contributed by atoms with Crippen LogP contribution >= 0.6 is 0 Å². The first-order valence-electron chi connectivity index (χ1n) is 10.4. The average Bonchev–Trinajstić information content (AvgIpc) is 2.54. The molecule has 4 nitrogen and oxygen atoms in total. The van der Waals surface area contributed by atoms with E-state index in [0.29, 0.717) is 18.6 Å². The highest BCUT2D eigenvalue weighted by atomic mass is 16.5. The van der Waals surface area contributed by atoms with Crippen LogP contribution in [0.5, 0.6) is 0 Å². The minimum Gasteiger partial charge on any atom is -0.396 e. The topological polar surface area (TPSA) is 35.9 Å². The Morgan fingerprint density at radius 1 is 1.16 bits per heavy atom. The Morgan fingerprint density at radius 3 is 2.48 bits per heavy atom. The van der Waals surface area contributed by atoms with E-state index in [0.717, 1.165) is 38.4 Å². The Bertz CT molecular complexity index is 347. The van der Waals surface area contributed by atoms with E-state index in [1.54, 1.807) is 0 Å². The van der Waals surface area contributed by atoms with Crippen LogP contribution in [0, 0.1) is 11.8 Å². The van der Waals surface area contributed by atoms with E-state index in [-0.39, 0.29) is 5.60 Å². The van der Waals surface area contributed by atoms with Crippen LogP contribution in [-0.2, 0) is 4.74 Å². The summed E-state index contributed by atoms with van der Waals surface area (Å²) in [6, 6.07) is 0.527. The third-order valence-electron chi connectivity index (χ3n) is 5.72. The number of aliphatic hydroxyl groups is 1. The van der Waals surface area contributed by atoms with Gasteiger partial charge in [-0.2, -0.15) is 0 Å². The van der Waals surface area contributed by atoms with Crippen molar-refractivity contribution < 1.29 is 9.84 Å². The molecule has 0 aromatic heterocycles. The summed E-state index contributed by atoms with van der Waals surface area (Å²) in [6.45, 7) is 17.4. The van der Waals surface area contributed by atoms with Crippen LogP contribution in [0.25, 0.3) is 0 Å². The van der Waals surface area contributed by atoms with Crippen LogP contribution < -0.4 is 0 Å². The monoisotopic (exact) mass is 356 g/mol. The summed E-state index contributed by atoms with van der Waals surface area (Å²) >= 11 is 0. The van der Waals surface area contributed by atoms with Gasteiger partial charge in [0.05, 0.1) is 5.60 Å². The lowest BCUT2D eigenvalue weighted by atomic mass is 9.94. The number of hydrogen-bond donors (Lipinski definition) is 1. The van der Waals surface area contributed by atoms with E-state index in [4.69, 9.17) is 4.74 Å². The maximum Gasteiger partial charge on any atom is 0.0622 e. The molecule has 0 bridgehead atoms. The number of rotatable bonds is 12. The predicted molar refractivity (Wildman–Crippen MR) is 107 cm³/mol. The van der Waals surface area contributed by atoms with Crippen molar-refractivity contribution in [2.45, 2.75) is 78.4 Å². The van der Waals surface area contributed by atoms with Gasteiger partial charge in [-0.25, -0.2) is 0 Å². The fourth-order valence-electron chi connectivity index (χ4n) is 3.82. The average molecular weight is 357 g/mol. The lowest BCUT2D eigenvalue weighted by Gasteiger charge is -2.42. The lowest BCUT2D eigenvalue weighted by Crippen LogP contribution is -2.54. The first kappa shape index (κ1) is 22.9. The molecule has 1 aliphatic heterocycles. The molecule has 0 saturated carbocycles. The smallest absolute Gasteiger partial charge is 0.0622 e. The van der Waals surface area contributed by atoms with Crippen molar-refractivity contribution >= 4 is 0 Å². The summed E-state index contributed by atoms with van der Waals surface area (Å²) in [5.41, 5.74) is 0.0178. The van der Waals surface area contributed by atoms with E-state index in [1.165, 1.54) is 32.4 Å². The molecule has 2 unspecified atom stereocenters. The maximum atomic E-state index is 9.40. The fourth-order valence-corrected chi connectivity index (χ4v) is 3.82. The summed E-state index contributed by atoms with van der Waals surface area (Å²) in [4.78, 5) is 5.21. The van der Waals surface area contributed by atoms with Crippen LogP contribution in [0.15, 0.2) is 0 Å². The van der Waals surface area contributed by atoms with Gasteiger partial charge < -0.3 is 14.7 Å².